The number of halogens is 5. The van der Waals surface area contributed by atoms with Gasteiger partial charge in [0.2, 0.25) is 10.0 Å². The van der Waals surface area contributed by atoms with Gasteiger partial charge in [-0.1, -0.05) is 29.3 Å². The molecular weight excluding hydrogens is 612 g/mol. The molecule has 3 aromatic rings. The quantitative estimate of drug-likeness (QED) is 0.292. The average Bonchev–Trinajstić information content (AvgIpc) is 3.30. The van der Waals surface area contributed by atoms with Gasteiger partial charge in [-0.2, -0.15) is 17.9 Å². The molecule has 3 rings (SSSR count). The lowest BCUT2D eigenvalue weighted by molar-refractivity contribution is -0.147. The fourth-order valence-corrected chi connectivity index (χ4v) is 6.83. The molecule has 0 fully saturated rings. The smallest absolute Gasteiger partial charge is 0.386 e. The fourth-order valence-electron chi connectivity index (χ4n) is 3.62. The molecule has 0 radical (unpaired) electrons. The van der Waals surface area contributed by atoms with Crippen LogP contribution < -0.4 is 4.72 Å². The number of carbonyl (C=O) groups excluding carboxylic acids is 1. The molecule has 2 N–H and O–H groups in total. The summed E-state index contributed by atoms with van der Waals surface area (Å²) in [6.45, 7) is 8.22. The first-order valence-corrected chi connectivity index (χ1v) is 15.0. The summed E-state index contributed by atoms with van der Waals surface area (Å²) in [5, 5.41) is 9.95. The third kappa shape index (κ3) is 6.77. The van der Waals surface area contributed by atoms with Crippen LogP contribution in [0.2, 0.25) is 10.0 Å². The number of hydrogen-bond acceptors (Lipinski definition) is 7. The van der Waals surface area contributed by atoms with Crippen LogP contribution in [-0.4, -0.2) is 59.6 Å². The minimum atomic E-state index is -4.82. The largest absolute Gasteiger partial charge is 0.404 e. The summed E-state index contributed by atoms with van der Waals surface area (Å²) in [5.74, 6) is -0.425. The molecule has 0 spiro atoms. The lowest BCUT2D eigenvalue weighted by Gasteiger charge is -2.19. The number of alkyl halides is 3. The maximum atomic E-state index is 13.4. The fraction of sp³-hybridized carbons (Fsp3) is 0.400. The van der Waals surface area contributed by atoms with Crippen molar-refractivity contribution < 1.29 is 31.5 Å². The highest BCUT2D eigenvalue weighted by Crippen LogP contribution is 2.43. The van der Waals surface area contributed by atoms with Gasteiger partial charge in [-0.25, -0.2) is 13.4 Å². The van der Waals surface area contributed by atoms with Crippen LogP contribution in [0.1, 0.15) is 50.7 Å². The predicted molar refractivity (Wildman–Crippen MR) is 149 cm³/mol. The minimum Gasteiger partial charge on any atom is -0.386 e. The summed E-state index contributed by atoms with van der Waals surface area (Å²) in [6.07, 6.45) is -3.33. The van der Waals surface area contributed by atoms with Crippen molar-refractivity contribution in [2.45, 2.75) is 57.3 Å². The average molecular weight is 640 g/mol. The number of aromatic nitrogens is 2. The van der Waals surface area contributed by atoms with Crippen LogP contribution in [0.3, 0.4) is 0 Å². The highest BCUT2D eigenvalue weighted by molar-refractivity contribution is 7.89. The number of carbonyl (C=O) groups is 1. The first kappa shape index (κ1) is 32.2. The van der Waals surface area contributed by atoms with Gasteiger partial charge < -0.3 is 10.0 Å². The highest BCUT2D eigenvalue weighted by Gasteiger charge is 2.39. The van der Waals surface area contributed by atoms with Crippen molar-refractivity contribution in [3.8, 4) is 21.1 Å². The summed E-state index contributed by atoms with van der Waals surface area (Å²) in [4.78, 5) is 23.4. The van der Waals surface area contributed by atoms with E-state index in [1.54, 1.807) is 44.5 Å². The first-order valence-electron chi connectivity index (χ1n) is 12.0. The number of rotatable bonds is 9. The Morgan fingerprint density at radius 3 is 2.33 bits per heavy atom. The van der Waals surface area contributed by atoms with E-state index in [1.165, 1.54) is 17.2 Å². The van der Waals surface area contributed by atoms with E-state index in [-0.39, 0.29) is 21.2 Å². The Morgan fingerprint density at radius 2 is 1.77 bits per heavy atom. The first-order chi connectivity index (χ1) is 18.4. The van der Waals surface area contributed by atoms with Gasteiger partial charge >= 0.3 is 6.18 Å². The Balaban J connectivity index is 2.20. The topological polar surface area (TPSA) is 112 Å². The van der Waals surface area contributed by atoms with Crippen LogP contribution in [0.5, 0.6) is 0 Å². The Hall–Kier alpha value is -2.29. The SMILES string of the molecule is CCN(CC)C(=O)c1nc(-c2cc(C(C)(C)O)ccn2)sc1-c1ccc(S(=O)(=O)N[C@@H](C)C(F)(F)F)c(Cl)c1Cl. The molecule has 1 amide bonds. The van der Waals surface area contributed by atoms with E-state index in [4.69, 9.17) is 23.2 Å². The van der Waals surface area contributed by atoms with Crippen LogP contribution in [0.15, 0.2) is 35.4 Å². The van der Waals surface area contributed by atoms with Gasteiger partial charge in [-0.3, -0.25) is 9.78 Å². The molecule has 1 aromatic carbocycles. The van der Waals surface area contributed by atoms with Crippen molar-refractivity contribution in [2.24, 2.45) is 0 Å². The van der Waals surface area contributed by atoms with Crippen molar-refractivity contribution in [1.82, 2.24) is 19.6 Å². The standard InChI is InChI=1S/C25H27Cl2F3N4O4S2/c1-6-34(7-2)23(35)20-21(39-22(32-20)16-12-14(10-11-31-16)24(4,5)36)15-8-9-17(19(27)18(15)26)40(37,38)33-13(3)25(28,29)30/h8-13,33,36H,6-7H2,1-5H3/t13-/m0/s1. The van der Waals surface area contributed by atoms with Crippen molar-refractivity contribution in [3.63, 3.8) is 0 Å². The monoisotopic (exact) mass is 638 g/mol. The zero-order valence-electron chi connectivity index (χ0n) is 22.1. The van der Waals surface area contributed by atoms with Gasteiger partial charge in [0.05, 0.1) is 26.2 Å². The number of nitrogens with one attached hydrogen (secondary N) is 1. The molecule has 0 bridgehead atoms. The van der Waals surface area contributed by atoms with Crippen molar-refractivity contribution in [1.29, 1.82) is 0 Å². The van der Waals surface area contributed by atoms with Crippen molar-refractivity contribution in [2.75, 3.05) is 13.1 Å². The number of nitrogens with zero attached hydrogens (tertiary/aromatic N) is 3. The number of sulfonamides is 1. The van der Waals surface area contributed by atoms with E-state index in [0.717, 1.165) is 17.4 Å². The van der Waals surface area contributed by atoms with E-state index in [9.17, 15) is 31.5 Å². The lowest BCUT2D eigenvalue weighted by Crippen LogP contribution is -2.43. The van der Waals surface area contributed by atoms with Crippen LogP contribution in [0, 0.1) is 0 Å². The van der Waals surface area contributed by atoms with Gasteiger partial charge in [-0.15, -0.1) is 11.3 Å². The van der Waals surface area contributed by atoms with Gasteiger partial charge in [-0.05, 0) is 58.4 Å². The molecule has 0 aliphatic carbocycles. The number of hydrogen-bond donors (Lipinski definition) is 2. The van der Waals surface area contributed by atoms with Crippen molar-refractivity contribution >= 4 is 50.5 Å². The molecule has 1 atom stereocenters. The molecule has 218 valence electrons. The van der Waals surface area contributed by atoms with E-state index in [1.807, 2.05) is 0 Å². The second kappa shape index (κ2) is 11.9. The summed E-state index contributed by atoms with van der Waals surface area (Å²) >= 11 is 13.8. The van der Waals surface area contributed by atoms with E-state index in [2.05, 4.69) is 9.97 Å². The molecule has 0 saturated heterocycles. The maximum absolute atomic E-state index is 13.4. The zero-order chi connectivity index (χ0) is 30.2. The lowest BCUT2D eigenvalue weighted by atomic mass is 9.99. The Morgan fingerprint density at radius 1 is 1.15 bits per heavy atom. The number of aliphatic hydroxyl groups is 1. The normalized spacial score (nSPS) is 13.4. The van der Waals surface area contributed by atoms with Gasteiger partial charge in [0.15, 0.2) is 0 Å². The molecule has 15 heteroatoms. The summed E-state index contributed by atoms with van der Waals surface area (Å²) in [6, 6.07) is 3.18. The van der Waals surface area contributed by atoms with E-state index in [0.29, 0.717) is 36.3 Å². The second-order valence-corrected chi connectivity index (χ2v) is 12.7. The van der Waals surface area contributed by atoms with Gasteiger partial charge in [0.25, 0.3) is 5.91 Å². The molecule has 0 saturated carbocycles. The molecule has 40 heavy (non-hydrogen) atoms. The zero-order valence-corrected chi connectivity index (χ0v) is 25.2. The number of amides is 1. The number of pyridine rings is 1. The van der Waals surface area contributed by atoms with E-state index >= 15 is 0 Å². The summed E-state index contributed by atoms with van der Waals surface area (Å²) in [5.41, 5.74) is -0.0738. The summed E-state index contributed by atoms with van der Waals surface area (Å²) < 4.78 is 65.9. The molecule has 2 heterocycles. The Bertz CT molecular complexity index is 1520. The van der Waals surface area contributed by atoms with Crippen LogP contribution in [-0.2, 0) is 15.6 Å². The summed E-state index contributed by atoms with van der Waals surface area (Å²) in [7, 11) is -4.71. The molecule has 2 aromatic heterocycles. The second-order valence-electron chi connectivity index (χ2n) is 9.29. The van der Waals surface area contributed by atoms with Crippen LogP contribution in [0.4, 0.5) is 13.2 Å². The Labute approximate surface area is 244 Å². The van der Waals surface area contributed by atoms with Gasteiger partial charge in [0, 0.05) is 24.8 Å². The molecular formula is C25H27Cl2F3N4O4S2. The highest BCUT2D eigenvalue weighted by atomic mass is 35.5. The third-order valence-corrected chi connectivity index (χ3v) is 9.66. The number of benzene rings is 1. The molecule has 0 aliphatic heterocycles. The molecule has 0 aliphatic rings. The maximum Gasteiger partial charge on any atom is 0.404 e. The van der Waals surface area contributed by atoms with Crippen LogP contribution in [0.25, 0.3) is 21.1 Å². The van der Waals surface area contributed by atoms with E-state index < -0.39 is 43.7 Å². The predicted octanol–water partition coefficient (Wildman–Crippen LogP) is 6.12. The third-order valence-electron chi connectivity index (χ3n) is 5.97. The van der Waals surface area contributed by atoms with Crippen molar-refractivity contribution in [3.05, 3.63) is 51.8 Å². The Kier molecular flexibility index (Phi) is 9.59. The molecule has 0 unspecified atom stereocenters. The minimum absolute atomic E-state index is 0.0107. The number of thiazole rings is 1. The molecule has 8 nitrogen and oxygen atoms in total. The van der Waals surface area contributed by atoms with Gasteiger partial charge in [0.1, 0.15) is 21.6 Å². The van der Waals surface area contributed by atoms with Crippen LogP contribution >= 0.6 is 34.5 Å².